The third-order valence-electron chi connectivity index (χ3n) is 1.54. The summed E-state index contributed by atoms with van der Waals surface area (Å²) in [5.74, 6) is -0.644. The Balaban J connectivity index is 2.76. The van der Waals surface area contributed by atoms with E-state index in [0.717, 1.165) is 6.92 Å². The zero-order valence-corrected chi connectivity index (χ0v) is 7.94. The van der Waals surface area contributed by atoms with Gasteiger partial charge in [-0.1, -0.05) is 6.07 Å². The number of hydrogen-bond acceptors (Lipinski definition) is 4. The van der Waals surface area contributed by atoms with Crippen LogP contribution in [0.4, 0.5) is 0 Å². The zero-order valence-electron chi connectivity index (χ0n) is 7.94. The monoisotopic (exact) mass is 194 g/mol. The molecular weight excluding hydrogens is 184 g/mol. The van der Waals surface area contributed by atoms with E-state index in [1.54, 1.807) is 18.2 Å². The highest BCUT2D eigenvalue weighted by molar-refractivity contribution is 6.33. The molecule has 0 atom stereocenters. The lowest BCUT2D eigenvalue weighted by atomic mass is 10.3. The number of ketones is 1. The van der Waals surface area contributed by atoms with Crippen molar-refractivity contribution in [3.05, 3.63) is 24.3 Å². The average molecular weight is 194 g/mol. The van der Waals surface area contributed by atoms with Gasteiger partial charge in [0.2, 0.25) is 5.78 Å². The second kappa shape index (κ2) is 4.41. The van der Waals surface area contributed by atoms with Gasteiger partial charge in [-0.3, -0.25) is 4.79 Å². The summed E-state index contributed by atoms with van der Waals surface area (Å²) in [5.41, 5.74) is 0. The molecule has 4 heteroatoms. The Kier molecular flexibility index (Phi) is 3.23. The molecule has 1 rings (SSSR count). The van der Waals surface area contributed by atoms with Crippen molar-refractivity contribution in [2.45, 2.75) is 6.92 Å². The fourth-order valence-corrected chi connectivity index (χ4v) is 0.844. The summed E-state index contributed by atoms with van der Waals surface area (Å²) in [6.07, 6.45) is 0. The molecule has 0 aliphatic heterocycles. The molecule has 0 aromatic heterocycles. The third kappa shape index (κ3) is 2.58. The Morgan fingerprint density at radius 3 is 2.43 bits per heavy atom. The van der Waals surface area contributed by atoms with Gasteiger partial charge >= 0.3 is 5.97 Å². The van der Waals surface area contributed by atoms with E-state index >= 15 is 0 Å². The van der Waals surface area contributed by atoms with Crippen LogP contribution in [0.2, 0.25) is 0 Å². The van der Waals surface area contributed by atoms with Crippen molar-refractivity contribution in [2.75, 3.05) is 7.11 Å². The molecular formula is C10H10O4. The lowest BCUT2D eigenvalue weighted by molar-refractivity contribution is -0.146. The Bertz CT molecular complexity index is 357. The Labute approximate surface area is 81.4 Å². The second-order valence-electron chi connectivity index (χ2n) is 2.62. The predicted octanol–water partition coefficient (Wildman–Crippen LogP) is 1.19. The maximum atomic E-state index is 10.9. The lowest BCUT2D eigenvalue weighted by Gasteiger charge is -2.03. The van der Waals surface area contributed by atoms with E-state index in [4.69, 9.17) is 9.47 Å². The molecule has 1 aromatic carbocycles. The van der Waals surface area contributed by atoms with Gasteiger partial charge in [0.05, 0.1) is 7.11 Å². The maximum absolute atomic E-state index is 10.9. The van der Waals surface area contributed by atoms with Crippen LogP contribution in [0.5, 0.6) is 11.5 Å². The van der Waals surface area contributed by atoms with E-state index in [-0.39, 0.29) is 0 Å². The van der Waals surface area contributed by atoms with Gasteiger partial charge in [0.15, 0.2) is 0 Å². The fourth-order valence-electron chi connectivity index (χ4n) is 0.844. The van der Waals surface area contributed by atoms with Crippen molar-refractivity contribution in [2.24, 2.45) is 0 Å². The van der Waals surface area contributed by atoms with Crippen LogP contribution in [0.1, 0.15) is 6.92 Å². The van der Waals surface area contributed by atoms with E-state index in [1.165, 1.54) is 13.2 Å². The van der Waals surface area contributed by atoms with Crippen molar-refractivity contribution >= 4 is 11.8 Å². The summed E-state index contributed by atoms with van der Waals surface area (Å²) in [6, 6.07) is 6.48. The number of Topliss-reactive ketones (excluding diaryl/α,β-unsaturated/α-hetero) is 1. The second-order valence-corrected chi connectivity index (χ2v) is 2.62. The Hall–Kier alpha value is -1.84. The SMILES string of the molecule is COc1cccc(OC(=O)C(C)=O)c1. The lowest BCUT2D eigenvalue weighted by Crippen LogP contribution is -2.16. The zero-order chi connectivity index (χ0) is 10.6. The third-order valence-corrected chi connectivity index (χ3v) is 1.54. The number of rotatable bonds is 3. The summed E-state index contributed by atoms with van der Waals surface area (Å²) in [7, 11) is 1.51. The molecule has 1 aromatic rings. The number of methoxy groups -OCH3 is 1. The van der Waals surface area contributed by atoms with Crippen molar-refractivity contribution < 1.29 is 19.1 Å². The smallest absolute Gasteiger partial charge is 0.379 e. The average Bonchev–Trinajstić information content (AvgIpc) is 2.18. The number of carbonyl (C=O) groups is 2. The first-order chi connectivity index (χ1) is 6.63. The van der Waals surface area contributed by atoms with E-state index in [2.05, 4.69) is 0 Å². The molecule has 4 nitrogen and oxygen atoms in total. The molecule has 0 amide bonds. The molecule has 0 radical (unpaired) electrons. The topological polar surface area (TPSA) is 52.6 Å². The van der Waals surface area contributed by atoms with Crippen molar-refractivity contribution in [3.8, 4) is 11.5 Å². The van der Waals surface area contributed by atoms with Gasteiger partial charge < -0.3 is 9.47 Å². The molecule has 0 saturated heterocycles. The molecule has 0 heterocycles. The molecule has 0 aliphatic carbocycles. The minimum absolute atomic E-state index is 0.296. The van der Waals surface area contributed by atoms with E-state index in [1.807, 2.05) is 0 Å². The highest BCUT2D eigenvalue weighted by Crippen LogP contribution is 2.18. The van der Waals surface area contributed by atoms with E-state index < -0.39 is 11.8 Å². The van der Waals surface area contributed by atoms with Crippen molar-refractivity contribution in [1.29, 1.82) is 0 Å². The van der Waals surface area contributed by atoms with E-state index in [9.17, 15) is 9.59 Å². The number of benzene rings is 1. The molecule has 0 spiro atoms. The van der Waals surface area contributed by atoms with Gasteiger partial charge in [-0.2, -0.15) is 0 Å². The van der Waals surface area contributed by atoms with E-state index in [0.29, 0.717) is 11.5 Å². The first kappa shape index (κ1) is 10.2. The van der Waals surface area contributed by atoms with Gasteiger partial charge in [-0.25, -0.2) is 4.79 Å². The molecule has 0 aliphatic rings. The molecule has 0 bridgehead atoms. The van der Waals surface area contributed by atoms with Crippen LogP contribution in [0.3, 0.4) is 0 Å². The number of carbonyl (C=O) groups excluding carboxylic acids is 2. The predicted molar refractivity (Wildman–Crippen MR) is 49.3 cm³/mol. The Morgan fingerprint density at radius 2 is 1.86 bits per heavy atom. The molecule has 0 fully saturated rings. The van der Waals surface area contributed by atoms with Crippen LogP contribution in [0, 0.1) is 0 Å². The summed E-state index contributed by atoms with van der Waals surface area (Å²) < 4.78 is 9.67. The standard InChI is InChI=1S/C10H10O4/c1-7(11)10(12)14-9-5-3-4-8(6-9)13-2/h3-6H,1-2H3. The first-order valence-corrected chi connectivity index (χ1v) is 4.00. The highest BCUT2D eigenvalue weighted by atomic mass is 16.5. The van der Waals surface area contributed by atoms with Crippen LogP contribution in [-0.4, -0.2) is 18.9 Å². The number of hydrogen-bond donors (Lipinski definition) is 0. The Morgan fingerprint density at radius 1 is 1.21 bits per heavy atom. The molecule has 14 heavy (non-hydrogen) atoms. The minimum atomic E-state index is -0.877. The van der Waals surface area contributed by atoms with Gasteiger partial charge in [0.1, 0.15) is 11.5 Å². The van der Waals surface area contributed by atoms with Gasteiger partial charge in [-0.15, -0.1) is 0 Å². The maximum Gasteiger partial charge on any atom is 0.379 e. The quantitative estimate of drug-likeness (QED) is 0.412. The largest absolute Gasteiger partial charge is 0.497 e. The number of esters is 1. The minimum Gasteiger partial charge on any atom is -0.497 e. The summed E-state index contributed by atoms with van der Waals surface area (Å²) >= 11 is 0. The van der Waals surface area contributed by atoms with Crippen molar-refractivity contribution in [1.82, 2.24) is 0 Å². The molecule has 0 saturated carbocycles. The van der Waals surface area contributed by atoms with Gasteiger partial charge in [0.25, 0.3) is 0 Å². The van der Waals surface area contributed by atoms with Crippen LogP contribution < -0.4 is 9.47 Å². The van der Waals surface area contributed by atoms with Crippen LogP contribution in [0.15, 0.2) is 24.3 Å². The summed E-state index contributed by atoms with van der Waals surface area (Å²) in [4.78, 5) is 21.5. The van der Waals surface area contributed by atoms with Crippen molar-refractivity contribution in [3.63, 3.8) is 0 Å². The molecule has 74 valence electrons. The number of ether oxygens (including phenoxy) is 2. The normalized spacial score (nSPS) is 9.29. The van der Waals surface area contributed by atoms with Crippen LogP contribution in [0.25, 0.3) is 0 Å². The van der Waals surface area contributed by atoms with Gasteiger partial charge in [-0.05, 0) is 12.1 Å². The van der Waals surface area contributed by atoms with Crippen LogP contribution in [-0.2, 0) is 9.59 Å². The summed E-state index contributed by atoms with van der Waals surface area (Å²) in [5, 5.41) is 0. The summed E-state index contributed by atoms with van der Waals surface area (Å²) in [6.45, 7) is 1.16. The van der Waals surface area contributed by atoms with Crippen LogP contribution >= 0.6 is 0 Å². The first-order valence-electron chi connectivity index (χ1n) is 4.00. The highest BCUT2D eigenvalue weighted by Gasteiger charge is 2.10. The van der Waals surface area contributed by atoms with Gasteiger partial charge in [0, 0.05) is 13.0 Å². The molecule has 0 unspecified atom stereocenters. The molecule has 0 N–H and O–H groups in total. The fraction of sp³-hybridized carbons (Fsp3) is 0.200.